The summed E-state index contributed by atoms with van der Waals surface area (Å²) in [5.74, 6) is 0. The predicted octanol–water partition coefficient (Wildman–Crippen LogP) is 1.69. The number of morpholine rings is 1. The van der Waals surface area contributed by atoms with E-state index in [1.807, 2.05) is 18.2 Å². The lowest BCUT2D eigenvalue weighted by atomic mass is 10.1. The molecule has 1 N–H and O–H groups in total. The summed E-state index contributed by atoms with van der Waals surface area (Å²) < 4.78 is 6.42. The number of benzene rings is 1. The van der Waals surface area contributed by atoms with Crippen molar-refractivity contribution in [1.29, 1.82) is 0 Å². The summed E-state index contributed by atoms with van der Waals surface area (Å²) in [5.41, 5.74) is 2.28. The van der Waals surface area contributed by atoms with E-state index in [2.05, 4.69) is 10.2 Å². The molecule has 1 aliphatic heterocycles. The van der Waals surface area contributed by atoms with Gasteiger partial charge in [0.15, 0.2) is 0 Å². The van der Waals surface area contributed by atoms with Crippen LogP contribution in [0, 0.1) is 0 Å². The Kier molecular flexibility index (Phi) is 3.62. The zero-order valence-corrected chi connectivity index (χ0v) is 12.9. The average molecular weight is 324 g/mol. The minimum atomic E-state index is -0.335. The van der Waals surface area contributed by atoms with Crippen molar-refractivity contribution < 1.29 is 9.53 Å². The third kappa shape index (κ3) is 2.59. The van der Waals surface area contributed by atoms with E-state index in [0.717, 1.165) is 26.6 Å². The number of hydrogen-bond acceptors (Lipinski definition) is 4. The summed E-state index contributed by atoms with van der Waals surface area (Å²) in [7, 11) is 0. The molecule has 4 rings (SSSR count). The first-order valence-electron chi connectivity index (χ1n) is 7.75. The zero-order chi connectivity index (χ0) is 16.5. The second kappa shape index (κ2) is 5.93. The van der Waals surface area contributed by atoms with Crippen molar-refractivity contribution in [2.24, 2.45) is 0 Å². The summed E-state index contributed by atoms with van der Waals surface area (Å²) in [6.45, 7) is 1.98. The molecular formula is C17H16N4O3. The first-order valence-corrected chi connectivity index (χ1v) is 7.75. The SMILES string of the molecule is O=C(N1CCOCC1)n1cc(-c2ccc3cn[nH]c3c2)ccc1=O. The van der Waals surface area contributed by atoms with Gasteiger partial charge >= 0.3 is 6.03 Å². The number of H-pyrrole nitrogens is 1. The van der Waals surface area contributed by atoms with Crippen molar-refractivity contribution in [3.05, 3.63) is 53.1 Å². The van der Waals surface area contributed by atoms with Gasteiger partial charge < -0.3 is 9.64 Å². The van der Waals surface area contributed by atoms with Gasteiger partial charge in [0, 0.05) is 30.7 Å². The average Bonchev–Trinajstić information content (AvgIpc) is 3.10. The van der Waals surface area contributed by atoms with E-state index in [-0.39, 0.29) is 11.6 Å². The molecule has 7 nitrogen and oxygen atoms in total. The van der Waals surface area contributed by atoms with Gasteiger partial charge in [-0.2, -0.15) is 5.10 Å². The molecule has 0 spiro atoms. The van der Waals surface area contributed by atoms with Gasteiger partial charge in [-0.1, -0.05) is 12.1 Å². The highest BCUT2D eigenvalue weighted by atomic mass is 16.5. The second-order valence-corrected chi connectivity index (χ2v) is 5.68. The Bertz CT molecular complexity index is 954. The summed E-state index contributed by atoms with van der Waals surface area (Å²) in [6.07, 6.45) is 3.35. The molecule has 0 aliphatic carbocycles. The molecule has 3 heterocycles. The van der Waals surface area contributed by atoms with Crippen molar-refractivity contribution >= 4 is 16.9 Å². The Morgan fingerprint density at radius 3 is 2.75 bits per heavy atom. The van der Waals surface area contributed by atoms with Crippen LogP contribution in [0.2, 0.25) is 0 Å². The first-order chi connectivity index (χ1) is 11.7. The fourth-order valence-electron chi connectivity index (χ4n) is 2.83. The number of aromatic nitrogens is 3. The Balaban J connectivity index is 1.72. The van der Waals surface area contributed by atoms with Gasteiger partial charge in [0.25, 0.3) is 5.56 Å². The number of carbonyl (C=O) groups excluding carboxylic acids is 1. The first kappa shape index (κ1) is 14.6. The molecule has 3 aromatic rings. The highest BCUT2D eigenvalue weighted by Gasteiger charge is 2.19. The lowest BCUT2D eigenvalue weighted by molar-refractivity contribution is 0.0533. The molecule has 0 bridgehead atoms. The third-order valence-corrected chi connectivity index (χ3v) is 4.17. The highest BCUT2D eigenvalue weighted by molar-refractivity contribution is 5.84. The molecule has 2 aromatic heterocycles. The van der Waals surface area contributed by atoms with Gasteiger partial charge in [-0.25, -0.2) is 9.36 Å². The Morgan fingerprint density at radius 1 is 1.12 bits per heavy atom. The van der Waals surface area contributed by atoms with Gasteiger partial charge in [-0.05, 0) is 23.3 Å². The number of hydrogen-bond donors (Lipinski definition) is 1. The lowest BCUT2D eigenvalue weighted by Crippen LogP contribution is -2.45. The van der Waals surface area contributed by atoms with Crippen LogP contribution in [0.25, 0.3) is 22.0 Å². The summed E-state index contributed by atoms with van der Waals surface area (Å²) in [5, 5.41) is 7.94. The Labute approximate surface area is 137 Å². The molecule has 1 aliphatic rings. The highest BCUT2D eigenvalue weighted by Crippen LogP contribution is 2.22. The molecule has 24 heavy (non-hydrogen) atoms. The molecule has 0 radical (unpaired) electrons. The molecule has 0 atom stereocenters. The van der Waals surface area contributed by atoms with E-state index in [4.69, 9.17) is 4.74 Å². The van der Waals surface area contributed by atoms with Crippen LogP contribution < -0.4 is 5.56 Å². The van der Waals surface area contributed by atoms with Gasteiger partial charge in [0.2, 0.25) is 0 Å². The van der Waals surface area contributed by atoms with Crippen LogP contribution in [-0.4, -0.2) is 52.0 Å². The fraction of sp³-hybridized carbons (Fsp3) is 0.235. The molecule has 1 fully saturated rings. The number of amides is 1. The van der Waals surface area contributed by atoms with Crippen LogP contribution in [0.1, 0.15) is 0 Å². The third-order valence-electron chi connectivity index (χ3n) is 4.17. The fourth-order valence-corrected chi connectivity index (χ4v) is 2.83. The zero-order valence-electron chi connectivity index (χ0n) is 12.9. The van der Waals surface area contributed by atoms with Gasteiger partial charge in [-0.3, -0.25) is 9.89 Å². The number of nitrogens with one attached hydrogen (secondary N) is 1. The van der Waals surface area contributed by atoms with Gasteiger partial charge in [-0.15, -0.1) is 0 Å². The maximum atomic E-state index is 12.6. The Hall–Kier alpha value is -2.93. The summed E-state index contributed by atoms with van der Waals surface area (Å²) in [6, 6.07) is 8.68. The van der Waals surface area contributed by atoms with Crippen molar-refractivity contribution in [1.82, 2.24) is 19.7 Å². The largest absolute Gasteiger partial charge is 0.378 e. The van der Waals surface area contributed by atoms with E-state index in [9.17, 15) is 9.59 Å². The molecule has 0 saturated carbocycles. The quantitative estimate of drug-likeness (QED) is 0.739. The monoisotopic (exact) mass is 324 g/mol. The van der Waals surface area contributed by atoms with Crippen LogP contribution in [0.15, 0.2) is 47.5 Å². The number of carbonyl (C=O) groups is 1. The summed E-state index contributed by atoms with van der Waals surface area (Å²) in [4.78, 5) is 26.3. The number of nitrogens with zero attached hydrogens (tertiary/aromatic N) is 3. The second-order valence-electron chi connectivity index (χ2n) is 5.68. The maximum Gasteiger partial charge on any atom is 0.331 e. The van der Waals surface area contributed by atoms with E-state index in [1.165, 1.54) is 6.07 Å². The van der Waals surface area contributed by atoms with E-state index in [1.54, 1.807) is 23.4 Å². The number of pyridine rings is 1. The van der Waals surface area contributed by atoms with Gasteiger partial charge in [0.1, 0.15) is 0 Å². The topological polar surface area (TPSA) is 80.2 Å². The van der Waals surface area contributed by atoms with Crippen LogP contribution >= 0.6 is 0 Å². The molecule has 1 amide bonds. The molecule has 122 valence electrons. The van der Waals surface area contributed by atoms with Gasteiger partial charge in [0.05, 0.1) is 24.9 Å². The van der Waals surface area contributed by atoms with Crippen molar-refractivity contribution in [3.8, 4) is 11.1 Å². The van der Waals surface area contributed by atoms with E-state index < -0.39 is 0 Å². The Morgan fingerprint density at radius 2 is 1.92 bits per heavy atom. The molecular weight excluding hydrogens is 308 g/mol. The molecule has 1 aromatic carbocycles. The maximum absolute atomic E-state index is 12.6. The number of aromatic amines is 1. The lowest BCUT2D eigenvalue weighted by Gasteiger charge is -2.27. The molecule has 0 unspecified atom stereocenters. The minimum Gasteiger partial charge on any atom is -0.378 e. The number of fused-ring (bicyclic) bond motifs is 1. The van der Waals surface area contributed by atoms with Crippen molar-refractivity contribution in [2.45, 2.75) is 0 Å². The van der Waals surface area contributed by atoms with E-state index >= 15 is 0 Å². The van der Waals surface area contributed by atoms with Crippen LogP contribution in [0.5, 0.6) is 0 Å². The van der Waals surface area contributed by atoms with Crippen LogP contribution in [0.4, 0.5) is 4.79 Å². The summed E-state index contributed by atoms with van der Waals surface area (Å²) >= 11 is 0. The molecule has 1 saturated heterocycles. The minimum absolute atomic E-state index is 0.312. The normalized spacial score (nSPS) is 14.9. The number of ether oxygens (including phenoxy) is 1. The predicted molar refractivity (Wildman–Crippen MR) is 89.0 cm³/mol. The van der Waals surface area contributed by atoms with Crippen molar-refractivity contribution in [3.63, 3.8) is 0 Å². The number of rotatable bonds is 1. The standard InChI is InChI=1S/C17H16N4O3/c22-16-4-3-14(12-1-2-13-10-18-19-15(13)9-12)11-21(16)17(23)20-5-7-24-8-6-20/h1-4,9-11H,5-8H2,(H,18,19). The smallest absolute Gasteiger partial charge is 0.331 e. The van der Waals surface area contributed by atoms with Crippen LogP contribution in [-0.2, 0) is 4.74 Å². The van der Waals surface area contributed by atoms with Crippen molar-refractivity contribution in [2.75, 3.05) is 26.3 Å². The van der Waals surface area contributed by atoms with Crippen LogP contribution in [0.3, 0.4) is 0 Å². The van der Waals surface area contributed by atoms with E-state index in [0.29, 0.717) is 26.3 Å². The molecule has 7 heteroatoms.